The molecule has 0 amide bonds. The molecule has 5 heteroatoms. The van der Waals surface area contributed by atoms with Crippen molar-refractivity contribution >= 4 is 16.7 Å². The third kappa shape index (κ3) is 3.52. The van der Waals surface area contributed by atoms with Crippen molar-refractivity contribution in [3.05, 3.63) is 100.0 Å². The van der Waals surface area contributed by atoms with E-state index in [2.05, 4.69) is 4.98 Å². The number of pyridine rings is 1. The Kier molecular flexibility index (Phi) is 4.68. The second-order valence-electron chi connectivity index (χ2n) is 6.62. The summed E-state index contributed by atoms with van der Waals surface area (Å²) in [4.78, 5) is 27.3. The third-order valence-corrected chi connectivity index (χ3v) is 4.67. The first kappa shape index (κ1) is 18.2. The summed E-state index contributed by atoms with van der Waals surface area (Å²) in [5, 5.41) is 11.1. The van der Waals surface area contributed by atoms with Gasteiger partial charge in [0.25, 0.3) is 5.56 Å². The van der Waals surface area contributed by atoms with Gasteiger partial charge in [-0.25, -0.2) is 4.79 Å². The molecule has 4 aromatic rings. The number of aromatic amines is 1. The molecule has 0 aliphatic heterocycles. The van der Waals surface area contributed by atoms with Gasteiger partial charge in [0, 0.05) is 11.3 Å². The standard InChI is InChI=1S/C24H16N2O3/c1-15-13-21(22(14-25)23(27)26-15)17-9-11-18(12-10-17)29-24(28)20-8-4-6-16-5-2-3-7-19(16)20/h2-13H,1H3,(H,26,27). The van der Waals surface area contributed by atoms with Crippen molar-refractivity contribution < 1.29 is 9.53 Å². The molecule has 0 aliphatic rings. The van der Waals surface area contributed by atoms with E-state index >= 15 is 0 Å². The molecule has 0 aliphatic carbocycles. The fourth-order valence-electron chi connectivity index (χ4n) is 3.30. The van der Waals surface area contributed by atoms with Crippen LogP contribution >= 0.6 is 0 Å². The number of hydrogen-bond acceptors (Lipinski definition) is 4. The first-order valence-electron chi connectivity index (χ1n) is 9.01. The smallest absolute Gasteiger partial charge is 0.344 e. The van der Waals surface area contributed by atoms with Crippen LogP contribution < -0.4 is 10.3 Å². The molecule has 0 bridgehead atoms. The number of aryl methyl sites for hydroxylation is 1. The quantitative estimate of drug-likeness (QED) is 0.416. The lowest BCUT2D eigenvalue weighted by Crippen LogP contribution is -2.12. The molecule has 140 valence electrons. The Hall–Kier alpha value is -4.17. The minimum absolute atomic E-state index is 0.0519. The van der Waals surface area contributed by atoms with Gasteiger partial charge in [-0.05, 0) is 47.5 Å². The van der Waals surface area contributed by atoms with E-state index < -0.39 is 11.5 Å². The Labute approximate surface area is 166 Å². The lowest BCUT2D eigenvalue weighted by Gasteiger charge is -2.09. The van der Waals surface area contributed by atoms with Crippen LogP contribution in [0.4, 0.5) is 0 Å². The van der Waals surface area contributed by atoms with Crippen LogP contribution in [-0.4, -0.2) is 11.0 Å². The number of rotatable bonds is 3. The molecule has 1 aromatic heterocycles. The highest BCUT2D eigenvalue weighted by atomic mass is 16.5. The van der Waals surface area contributed by atoms with Gasteiger partial charge in [-0.3, -0.25) is 4.79 Å². The van der Waals surface area contributed by atoms with E-state index in [1.807, 2.05) is 42.5 Å². The third-order valence-electron chi connectivity index (χ3n) is 4.67. The average Bonchev–Trinajstić information content (AvgIpc) is 2.73. The van der Waals surface area contributed by atoms with Crippen molar-refractivity contribution in [2.24, 2.45) is 0 Å². The van der Waals surface area contributed by atoms with Gasteiger partial charge in [-0.2, -0.15) is 5.26 Å². The highest BCUT2D eigenvalue weighted by molar-refractivity contribution is 6.05. The number of carbonyl (C=O) groups is 1. The molecule has 0 atom stereocenters. The number of benzene rings is 3. The molecule has 0 fully saturated rings. The molecular formula is C24H16N2O3. The molecule has 1 heterocycles. The van der Waals surface area contributed by atoms with Crippen LogP contribution in [0.15, 0.2) is 77.6 Å². The molecule has 1 N–H and O–H groups in total. The number of nitriles is 1. The van der Waals surface area contributed by atoms with E-state index in [0.717, 1.165) is 10.8 Å². The predicted molar refractivity (Wildman–Crippen MR) is 111 cm³/mol. The Morgan fingerprint density at radius 2 is 1.72 bits per heavy atom. The van der Waals surface area contributed by atoms with Crippen LogP contribution in [0.2, 0.25) is 0 Å². The molecular weight excluding hydrogens is 364 g/mol. The number of esters is 1. The number of H-pyrrole nitrogens is 1. The molecule has 0 saturated heterocycles. The molecule has 3 aromatic carbocycles. The number of nitrogens with one attached hydrogen (secondary N) is 1. The monoisotopic (exact) mass is 380 g/mol. The van der Waals surface area contributed by atoms with Crippen molar-refractivity contribution in [2.75, 3.05) is 0 Å². The lowest BCUT2D eigenvalue weighted by molar-refractivity contribution is 0.0737. The van der Waals surface area contributed by atoms with E-state index in [0.29, 0.717) is 28.1 Å². The predicted octanol–water partition coefficient (Wildman–Crippen LogP) is 4.59. The van der Waals surface area contributed by atoms with Gasteiger partial charge in [0.15, 0.2) is 0 Å². The highest BCUT2D eigenvalue weighted by Crippen LogP contribution is 2.26. The summed E-state index contributed by atoms with van der Waals surface area (Å²) in [5.74, 6) is -0.0639. The summed E-state index contributed by atoms with van der Waals surface area (Å²) in [7, 11) is 0. The van der Waals surface area contributed by atoms with E-state index in [1.54, 1.807) is 43.3 Å². The molecule has 0 spiro atoms. The van der Waals surface area contributed by atoms with Gasteiger partial charge in [-0.1, -0.05) is 48.5 Å². The van der Waals surface area contributed by atoms with Gasteiger partial charge < -0.3 is 9.72 Å². The maximum Gasteiger partial charge on any atom is 0.344 e. The summed E-state index contributed by atoms with van der Waals surface area (Å²) >= 11 is 0. The Bertz CT molecular complexity index is 1320. The van der Waals surface area contributed by atoms with E-state index in [1.165, 1.54) is 0 Å². The summed E-state index contributed by atoms with van der Waals surface area (Å²) in [6.07, 6.45) is 0. The van der Waals surface area contributed by atoms with Gasteiger partial charge >= 0.3 is 5.97 Å². The SMILES string of the molecule is Cc1cc(-c2ccc(OC(=O)c3cccc4ccccc34)cc2)c(C#N)c(=O)[nH]1. The molecule has 29 heavy (non-hydrogen) atoms. The first-order valence-corrected chi connectivity index (χ1v) is 9.01. The lowest BCUT2D eigenvalue weighted by atomic mass is 10.0. The van der Waals surface area contributed by atoms with E-state index in [9.17, 15) is 14.9 Å². The second-order valence-corrected chi connectivity index (χ2v) is 6.62. The van der Waals surface area contributed by atoms with Crippen LogP contribution in [0.25, 0.3) is 21.9 Å². The van der Waals surface area contributed by atoms with Crippen LogP contribution in [0.5, 0.6) is 5.75 Å². The average molecular weight is 380 g/mol. The molecule has 0 radical (unpaired) electrons. The zero-order valence-corrected chi connectivity index (χ0v) is 15.6. The number of carbonyl (C=O) groups excluding carboxylic acids is 1. The Balaban J connectivity index is 1.63. The molecule has 0 unspecified atom stereocenters. The number of fused-ring (bicyclic) bond motifs is 1. The highest BCUT2D eigenvalue weighted by Gasteiger charge is 2.14. The van der Waals surface area contributed by atoms with Gasteiger partial charge in [0.05, 0.1) is 5.56 Å². The normalized spacial score (nSPS) is 10.5. The van der Waals surface area contributed by atoms with Crippen molar-refractivity contribution in [2.45, 2.75) is 6.92 Å². The maximum atomic E-state index is 12.7. The number of aromatic nitrogens is 1. The van der Waals surface area contributed by atoms with Gasteiger partial charge in [0.2, 0.25) is 0 Å². The van der Waals surface area contributed by atoms with Gasteiger partial charge in [-0.15, -0.1) is 0 Å². The fourth-order valence-corrected chi connectivity index (χ4v) is 3.30. The van der Waals surface area contributed by atoms with Crippen LogP contribution in [0, 0.1) is 18.3 Å². The van der Waals surface area contributed by atoms with Gasteiger partial charge in [0.1, 0.15) is 17.4 Å². The van der Waals surface area contributed by atoms with Crippen LogP contribution in [0.3, 0.4) is 0 Å². The molecule has 5 nitrogen and oxygen atoms in total. The van der Waals surface area contributed by atoms with E-state index in [4.69, 9.17) is 4.74 Å². The van der Waals surface area contributed by atoms with E-state index in [-0.39, 0.29) is 5.56 Å². The summed E-state index contributed by atoms with van der Waals surface area (Å²) < 4.78 is 5.53. The van der Waals surface area contributed by atoms with Crippen molar-refractivity contribution in [3.8, 4) is 22.9 Å². The van der Waals surface area contributed by atoms with Crippen LogP contribution in [-0.2, 0) is 0 Å². The fraction of sp³-hybridized carbons (Fsp3) is 0.0417. The number of hydrogen-bond donors (Lipinski definition) is 1. The molecule has 4 rings (SSSR count). The zero-order chi connectivity index (χ0) is 20.4. The number of ether oxygens (including phenoxy) is 1. The topological polar surface area (TPSA) is 82.9 Å². The largest absolute Gasteiger partial charge is 0.423 e. The summed E-state index contributed by atoms with van der Waals surface area (Å²) in [6, 6.07) is 23.6. The molecule has 0 saturated carbocycles. The van der Waals surface area contributed by atoms with Crippen LogP contribution in [0.1, 0.15) is 21.6 Å². The Morgan fingerprint density at radius 3 is 2.48 bits per heavy atom. The maximum absolute atomic E-state index is 12.7. The van der Waals surface area contributed by atoms with Crippen molar-refractivity contribution in [1.82, 2.24) is 4.98 Å². The number of nitrogens with zero attached hydrogens (tertiary/aromatic N) is 1. The minimum atomic E-state index is -0.445. The minimum Gasteiger partial charge on any atom is -0.423 e. The summed E-state index contributed by atoms with van der Waals surface area (Å²) in [6.45, 7) is 1.76. The zero-order valence-electron chi connectivity index (χ0n) is 15.6. The second kappa shape index (κ2) is 7.45. The summed E-state index contributed by atoms with van der Waals surface area (Å²) in [5.41, 5.74) is 2.02. The first-order chi connectivity index (χ1) is 14.1. The van der Waals surface area contributed by atoms with Crippen molar-refractivity contribution in [3.63, 3.8) is 0 Å². The Morgan fingerprint density at radius 1 is 1.00 bits per heavy atom. The van der Waals surface area contributed by atoms with Crippen molar-refractivity contribution in [1.29, 1.82) is 5.26 Å².